The van der Waals surface area contributed by atoms with Crippen LogP contribution in [0.2, 0.25) is 0 Å². The molecule has 1 unspecified atom stereocenters. The summed E-state index contributed by atoms with van der Waals surface area (Å²) in [6.07, 6.45) is 7.96. The summed E-state index contributed by atoms with van der Waals surface area (Å²) in [6.45, 7) is 1.83. The predicted octanol–water partition coefficient (Wildman–Crippen LogP) is 3.38. The van der Waals surface area contributed by atoms with Gasteiger partial charge in [0.2, 0.25) is 0 Å². The van der Waals surface area contributed by atoms with E-state index in [1.807, 2.05) is 53.2 Å². The number of hydrogen-bond donors (Lipinski definition) is 2. The summed E-state index contributed by atoms with van der Waals surface area (Å²) in [7, 11) is 0. The van der Waals surface area contributed by atoms with Crippen LogP contribution in [0.3, 0.4) is 0 Å². The number of rotatable bonds is 4. The average molecular weight is 396 g/mol. The lowest BCUT2D eigenvalue weighted by atomic mass is 10.1. The van der Waals surface area contributed by atoms with Crippen LogP contribution in [-0.2, 0) is 0 Å². The molecule has 7 nitrogen and oxygen atoms in total. The molecule has 0 bridgehead atoms. The van der Waals surface area contributed by atoms with Gasteiger partial charge in [0.05, 0.1) is 11.4 Å². The Labute approximate surface area is 173 Å². The van der Waals surface area contributed by atoms with Crippen LogP contribution in [0.4, 0.5) is 5.82 Å². The highest BCUT2D eigenvalue weighted by atomic mass is 16.5. The van der Waals surface area contributed by atoms with Crippen LogP contribution in [0, 0.1) is 12.3 Å². The molecule has 148 valence electrons. The summed E-state index contributed by atoms with van der Waals surface area (Å²) in [4.78, 5) is 8.64. The third-order valence-corrected chi connectivity index (χ3v) is 5.26. The van der Waals surface area contributed by atoms with E-state index in [1.165, 1.54) is 6.33 Å². The molecule has 0 spiro atoms. The number of aromatic nitrogens is 4. The van der Waals surface area contributed by atoms with E-state index in [-0.39, 0.29) is 6.04 Å². The molecule has 1 aliphatic rings. The first-order valence-electron chi connectivity index (χ1n) is 9.77. The highest BCUT2D eigenvalue weighted by molar-refractivity contribution is 5.98. The summed E-state index contributed by atoms with van der Waals surface area (Å²) in [5.41, 5.74) is 9.44. The van der Waals surface area contributed by atoms with E-state index < -0.39 is 0 Å². The first kappa shape index (κ1) is 18.2. The van der Waals surface area contributed by atoms with Crippen LogP contribution in [-0.4, -0.2) is 32.8 Å². The summed E-state index contributed by atoms with van der Waals surface area (Å²) in [5.74, 6) is 4.44. The number of terminal acetylenes is 1. The first-order valence-corrected chi connectivity index (χ1v) is 9.77. The third-order valence-electron chi connectivity index (χ3n) is 5.26. The molecule has 0 radical (unpaired) electrons. The third kappa shape index (κ3) is 3.23. The fourth-order valence-electron chi connectivity index (χ4n) is 3.77. The van der Waals surface area contributed by atoms with Crippen molar-refractivity contribution in [2.24, 2.45) is 0 Å². The van der Waals surface area contributed by atoms with E-state index in [9.17, 15) is 0 Å². The molecule has 1 atom stereocenters. The second-order valence-corrected chi connectivity index (χ2v) is 7.20. The van der Waals surface area contributed by atoms with Gasteiger partial charge in [0.25, 0.3) is 0 Å². The molecule has 4 aromatic rings. The Bertz CT molecular complexity index is 1250. The molecule has 0 amide bonds. The van der Waals surface area contributed by atoms with Crippen LogP contribution in [0.15, 0.2) is 54.9 Å². The van der Waals surface area contributed by atoms with Crippen LogP contribution in [0.5, 0.6) is 11.5 Å². The summed E-state index contributed by atoms with van der Waals surface area (Å²) in [5, 5.41) is 9.02. The number of anilines is 1. The number of nitrogen functional groups attached to an aromatic ring is 1. The average Bonchev–Trinajstić information content (AvgIpc) is 3.43. The van der Waals surface area contributed by atoms with Crippen molar-refractivity contribution in [3.63, 3.8) is 0 Å². The lowest BCUT2D eigenvalue weighted by molar-refractivity contribution is 0.482. The molecule has 2 aromatic heterocycles. The number of nitrogens with two attached hydrogens (primary N) is 1. The Morgan fingerprint density at radius 2 is 2.00 bits per heavy atom. The van der Waals surface area contributed by atoms with Gasteiger partial charge >= 0.3 is 0 Å². The SMILES string of the molecule is C#Cc1cccc(Oc2ccc(-c3nn(C4CCNC4)c4ncnc(N)c34)cc2)c1. The second kappa shape index (κ2) is 7.50. The number of nitrogens with one attached hydrogen (secondary N) is 1. The van der Waals surface area contributed by atoms with Crippen LogP contribution in [0.25, 0.3) is 22.3 Å². The largest absolute Gasteiger partial charge is 0.457 e. The molecule has 0 saturated carbocycles. The van der Waals surface area contributed by atoms with Crippen molar-refractivity contribution in [1.29, 1.82) is 0 Å². The van der Waals surface area contributed by atoms with Crippen molar-refractivity contribution >= 4 is 16.9 Å². The molecular weight excluding hydrogens is 376 g/mol. The highest BCUT2D eigenvalue weighted by Crippen LogP contribution is 2.34. The zero-order valence-electron chi connectivity index (χ0n) is 16.2. The number of ether oxygens (including phenoxy) is 1. The quantitative estimate of drug-likeness (QED) is 0.514. The van der Waals surface area contributed by atoms with Crippen molar-refractivity contribution in [2.45, 2.75) is 12.5 Å². The molecule has 3 heterocycles. The van der Waals surface area contributed by atoms with Crippen LogP contribution < -0.4 is 15.8 Å². The van der Waals surface area contributed by atoms with Gasteiger partial charge < -0.3 is 15.8 Å². The van der Waals surface area contributed by atoms with Crippen molar-refractivity contribution in [3.8, 4) is 35.1 Å². The zero-order chi connectivity index (χ0) is 20.5. The number of nitrogens with zero attached hydrogens (tertiary/aromatic N) is 4. The Balaban J connectivity index is 1.50. The van der Waals surface area contributed by atoms with Gasteiger partial charge in [0, 0.05) is 17.7 Å². The van der Waals surface area contributed by atoms with Crippen molar-refractivity contribution < 1.29 is 4.74 Å². The standard InChI is InChI=1S/C23H20N6O/c1-2-15-4-3-5-19(12-15)30-18-8-6-16(7-9-18)21-20-22(24)26-14-27-23(20)29(28-21)17-10-11-25-13-17/h1,3-9,12,14,17,25H,10-11,13H2,(H2,24,26,27). The predicted molar refractivity (Wildman–Crippen MR) is 116 cm³/mol. The Morgan fingerprint density at radius 3 is 2.77 bits per heavy atom. The zero-order valence-corrected chi connectivity index (χ0v) is 16.2. The van der Waals surface area contributed by atoms with E-state index in [2.05, 4.69) is 21.2 Å². The van der Waals surface area contributed by atoms with Gasteiger partial charge in [-0.1, -0.05) is 12.0 Å². The van der Waals surface area contributed by atoms with Crippen molar-refractivity contribution in [2.75, 3.05) is 18.8 Å². The minimum Gasteiger partial charge on any atom is -0.457 e. The maximum absolute atomic E-state index is 6.20. The molecule has 1 saturated heterocycles. The van der Waals surface area contributed by atoms with Gasteiger partial charge in [-0.3, -0.25) is 0 Å². The molecule has 1 fully saturated rings. The Hall–Kier alpha value is -3.89. The van der Waals surface area contributed by atoms with Gasteiger partial charge in [-0.15, -0.1) is 6.42 Å². The topological polar surface area (TPSA) is 90.9 Å². The van der Waals surface area contributed by atoms with Gasteiger partial charge in [-0.05, 0) is 55.4 Å². The molecule has 30 heavy (non-hydrogen) atoms. The summed E-state index contributed by atoms with van der Waals surface area (Å²) in [6, 6.07) is 15.4. The minimum absolute atomic E-state index is 0.251. The molecular formula is C23H20N6O. The molecule has 2 aromatic carbocycles. The first-order chi connectivity index (χ1) is 14.7. The maximum Gasteiger partial charge on any atom is 0.164 e. The fraction of sp³-hybridized carbons (Fsp3) is 0.174. The molecule has 3 N–H and O–H groups in total. The highest BCUT2D eigenvalue weighted by Gasteiger charge is 2.24. The molecule has 0 aliphatic carbocycles. The molecule has 7 heteroatoms. The maximum atomic E-state index is 6.20. The van der Waals surface area contributed by atoms with Gasteiger partial charge in [0.15, 0.2) is 5.65 Å². The lowest BCUT2D eigenvalue weighted by Crippen LogP contribution is -2.15. The van der Waals surface area contributed by atoms with E-state index in [1.54, 1.807) is 0 Å². The lowest BCUT2D eigenvalue weighted by Gasteiger charge is -2.09. The van der Waals surface area contributed by atoms with E-state index in [0.717, 1.165) is 47.4 Å². The minimum atomic E-state index is 0.251. The van der Waals surface area contributed by atoms with Gasteiger partial charge in [-0.25, -0.2) is 14.6 Å². The van der Waals surface area contributed by atoms with E-state index >= 15 is 0 Å². The fourth-order valence-corrected chi connectivity index (χ4v) is 3.77. The van der Waals surface area contributed by atoms with E-state index in [4.69, 9.17) is 22.0 Å². The number of fused-ring (bicyclic) bond motifs is 1. The Morgan fingerprint density at radius 1 is 1.13 bits per heavy atom. The Kier molecular flexibility index (Phi) is 4.54. The smallest absolute Gasteiger partial charge is 0.164 e. The van der Waals surface area contributed by atoms with Crippen molar-refractivity contribution in [1.82, 2.24) is 25.1 Å². The summed E-state index contributed by atoms with van der Waals surface area (Å²) >= 11 is 0. The van der Waals surface area contributed by atoms with Crippen LogP contribution >= 0.6 is 0 Å². The van der Waals surface area contributed by atoms with Gasteiger partial charge in [-0.2, -0.15) is 5.10 Å². The normalized spacial score (nSPS) is 15.9. The molecule has 1 aliphatic heterocycles. The number of benzene rings is 2. The monoisotopic (exact) mass is 396 g/mol. The van der Waals surface area contributed by atoms with Crippen molar-refractivity contribution in [3.05, 3.63) is 60.4 Å². The number of hydrogen-bond acceptors (Lipinski definition) is 6. The van der Waals surface area contributed by atoms with E-state index in [0.29, 0.717) is 17.3 Å². The second-order valence-electron chi connectivity index (χ2n) is 7.20. The van der Waals surface area contributed by atoms with Crippen LogP contribution in [0.1, 0.15) is 18.0 Å². The summed E-state index contributed by atoms with van der Waals surface area (Å²) < 4.78 is 7.90. The van der Waals surface area contributed by atoms with Gasteiger partial charge in [0.1, 0.15) is 29.3 Å². The molecule has 5 rings (SSSR count).